The molecule has 0 radical (unpaired) electrons. The van der Waals surface area contributed by atoms with Crippen molar-refractivity contribution >= 4 is 23.2 Å². The van der Waals surface area contributed by atoms with Crippen LogP contribution in [0.1, 0.15) is 18.9 Å². The molecule has 0 amide bonds. The third-order valence-corrected chi connectivity index (χ3v) is 3.11. The van der Waals surface area contributed by atoms with Crippen molar-refractivity contribution in [2.24, 2.45) is 5.92 Å². The molecule has 0 aromatic heterocycles. The highest BCUT2D eigenvalue weighted by atomic mass is 35.5. The smallest absolute Gasteiger partial charge is 0.278 e. The van der Waals surface area contributed by atoms with E-state index in [1.807, 2.05) is 0 Å². The highest BCUT2D eigenvalue weighted by molar-refractivity contribution is 6.35. The lowest BCUT2D eigenvalue weighted by atomic mass is 9.94. The lowest BCUT2D eigenvalue weighted by Crippen LogP contribution is -2.38. The van der Waals surface area contributed by atoms with Crippen LogP contribution in [-0.2, 0) is 6.42 Å². The summed E-state index contributed by atoms with van der Waals surface area (Å²) in [5, 5.41) is 28.4. The Balaban J connectivity index is 2.86. The summed E-state index contributed by atoms with van der Waals surface area (Å²) in [6.45, 7) is 1.76. The summed E-state index contributed by atoms with van der Waals surface area (Å²) in [6, 6.07) is 4.96. The molecule has 90 valence electrons. The van der Waals surface area contributed by atoms with Gasteiger partial charge < -0.3 is 15.3 Å². The van der Waals surface area contributed by atoms with Gasteiger partial charge in [-0.2, -0.15) is 0 Å². The number of benzene rings is 1. The molecule has 0 aliphatic rings. The molecule has 0 fully saturated rings. The second-order valence-electron chi connectivity index (χ2n) is 3.73. The van der Waals surface area contributed by atoms with E-state index >= 15 is 0 Å². The van der Waals surface area contributed by atoms with Crippen LogP contribution in [0.15, 0.2) is 18.2 Å². The first-order valence-corrected chi connectivity index (χ1v) is 5.71. The Morgan fingerprint density at radius 2 is 1.88 bits per heavy atom. The van der Waals surface area contributed by atoms with E-state index in [0.29, 0.717) is 16.5 Å². The molecular weight excluding hydrogens is 251 g/mol. The zero-order valence-electron chi connectivity index (χ0n) is 8.82. The number of hydrogen-bond donors (Lipinski definition) is 3. The fourth-order valence-electron chi connectivity index (χ4n) is 1.51. The van der Waals surface area contributed by atoms with E-state index in [4.69, 9.17) is 38.5 Å². The number of halogens is 2. The Morgan fingerprint density at radius 1 is 1.25 bits per heavy atom. The minimum Gasteiger partial charge on any atom is -0.343 e. The van der Waals surface area contributed by atoms with Crippen molar-refractivity contribution in [2.75, 3.05) is 0 Å². The summed E-state index contributed by atoms with van der Waals surface area (Å²) in [7, 11) is 0. The molecule has 1 atom stereocenters. The molecular formula is C11H14Cl2O3. The summed E-state index contributed by atoms with van der Waals surface area (Å²) in [5.74, 6) is -3.37. The standard InChI is InChI=1S/C11H14Cl2O3/c1-2-8(11(14,15)16)5-7-3-4-9(12)6-10(7)13/h3-4,6,8,14-16H,2,5H2,1H3. The second kappa shape index (κ2) is 5.34. The molecule has 3 N–H and O–H groups in total. The molecule has 5 heteroatoms. The van der Waals surface area contributed by atoms with Crippen molar-refractivity contribution in [3.63, 3.8) is 0 Å². The topological polar surface area (TPSA) is 60.7 Å². The van der Waals surface area contributed by atoms with Gasteiger partial charge in [0.15, 0.2) is 0 Å². The predicted octanol–water partition coefficient (Wildman–Crippen LogP) is 2.19. The molecule has 0 heterocycles. The lowest BCUT2D eigenvalue weighted by molar-refractivity contribution is -0.342. The summed E-state index contributed by atoms with van der Waals surface area (Å²) < 4.78 is 0. The highest BCUT2D eigenvalue weighted by Crippen LogP contribution is 2.27. The monoisotopic (exact) mass is 264 g/mol. The van der Waals surface area contributed by atoms with Crippen molar-refractivity contribution in [1.82, 2.24) is 0 Å². The minimum atomic E-state index is -2.68. The van der Waals surface area contributed by atoms with Crippen LogP contribution >= 0.6 is 23.2 Å². The van der Waals surface area contributed by atoms with Gasteiger partial charge in [0.1, 0.15) is 0 Å². The first kappa shape index (κ1) is 13.7. The van der Waals surface area contributed by atoms with E-state index in [9.17, 15) is 0 Å². The fraction of sp³-hybridized carbons (Fsp3) is 0.455. The van der Waals surface area contributed by atoms with E-state index in [1.165, 1.54) is 0 Å². The Hall–Kier alpha value is -0.320. The molecule has 3 nitrogen and oxygen atoms in total. The first-order chi connectivity index (χ1) is 7.34. The molecule has 1 aromatic carbocycles. The maximum absolute atomic E-state index is 9.13. The summed E-state index contributed by atoms with van der Waals surface area (Å²) in [5.41, 5.74) is 0.722. The molecule has 0 bridgehead atoms. The minimum absolute atomic E-state index is 0.274. The van der Waals surface area contributed by atoms with E-state index in [1.54, 1.807) is 25.1 Å². The van der Waals surface area contributed by atoms with Gasteiger partial charge >= 0.3 is 0 Å². The van der Waals surface area contributed by atoms with Crippen LogP contribution in [0.4, 0.5) is 0 Å². The third-order valence-electron chi connectivity index (χ3n) is 2.52. The first-order valence-electron chi connectivity index (χ1n) is 4.95. The number of aliphatic hydroxyl groups is 3. The van der Waals surface area contributed by atoms with E-state index in [2.05, 4.69) is 0 Å². The molecule has 1 rings (SSSR count). The summed E-state index contributed by atoms with van der Waals surface area (Å²) in [6.07, 6.45) is 0.693. The van der Waals surface area contributed by atoms with Crippen LogP contribution in [0.25, 0.3) is 0 Å². The molecule has 16 heavy (non-hydrogen) atoms. The average molecular weight is 265 g/mol. The van der Waals surface area contributed by atoms with Crippen LogP contribution < -0.4 is 0 Å². The Morgan fingerprint density at radius 3 is 2.31 bits per heavy atom. The molecule has 1 unspecified atom stereocenters. The largest absolute Gasteiger partial charge is 0.343 e. The Labute approximate surface area is 104 Å². The van der Waals surface area contributed by atoms with Gasteiger partial charge in [0.05, 0.1) is 0 Å². The fourth-order valence-corrected chi connectivity index (χ4v) is 1.99. The Bertz CT molecular complexity index is 361. The zero-order chi connectivity index (χ0) is 12.3. The van der Waals surface area contributed by atoms with Gasteiger partial charge in [0.25, 0.3) is 5.97 Å². The predicted molar refractivity (Wildman–Crippen MR) is 63.3 cm³/mol. The lowest BCUT2D eigenvalue weighted by Gasteiger charge is -2.25. The van der Waals surface area contributed by atoms with Crippen molar-refractivity contribution < 1.29 is 15.3 Å². The van der Waals surface area contributed by atoms with E-state index < -0.39 is 11.9 Å². The molecule has 0 aliphatic carbocycles. The van der Waals surface area contributed by atoms with E-state index in [-0.39, 0.29) is 6.42 Å². The van der Waals surface area contributed by atoms with Gasteiger partial charge in [-0.15, -0.1) is 0 Å². The normalized spacial score (nSPS) is 13.9. The highest BCUT2D eigenvalue weighted by Gasteiger charge is 2.31. The number of rotatable bonds is 4. The molecule has 0 spiro atoms. The molecule has 1 aromatic rings. The van der Waals surface area contributed by atoms with Gasteiger partial charge in [0.2, 0.25) is 0 Å². The second-order valence-corrected chi connectivity index (χ2v) is 4.58. The van der Waals surface area contributed by atoms with Gasteiger partial charge in [-0.05, 0) is 30.5 Å². The third kappa shape index (κ3) is 3.61. The maximum Gasteiger partial charge on any atom is 0.278 e. The van der Waals surface area contributed by atoms with Crippen molar-refractivity contribution in [3.05, 3.63) is 33.8 Å². The van der Waals surface area contributed by atoms with Crippen LogP contribution in [0.3, 0.4) is 0 Å². The van der Waals surface area contributed by atoms with Gasteiger partial charge in [-0.3, -0.25) is 0 Å². The summed E-state index contributed by atoms with van der Waals surface area (Å²) >= 11 is 11.7. The van der Waals surface area contributed by atoms with Gasteiger partial charge in [0, 0.05) is 16.0 Å². The van der Waals surface area contributed by atoms with E-state index in [0.717, 1.165) is 5.56 Å². The SMILES string of the molecule is CCC(Cc1ccc(Cl)cc1Cl)C(O)(O)O. The van der Waals surface area contributed by atoms with Crippen LogP contribution in [0, 0.1) is 5.92 Å². The Kier molecular flexibility index (Phi) is 4.59. The van der Waals surface area contributed by atoms with Crippen LogP contribution in [0.5, 0.6) is 0 Å². The van der Waals surface area contributed by atoms with Gasteiger partial charge in [-0.25, -0.2) is 0 Å². The molecule has 0 saturated heterocycles. The molecule has 0 saturated carbocycles. The zero-order valence-corrected chi connectivity index (χ0v) is 10.3. The molecule has 0 aliphatic heterocycles. The van der Waals surface area contributed by atoms with Gasteiger partial charge in [-0.1, -0.05) is 36.2 Å². The maximum atomic E-state index is 9.13. The van der Waals surface area contributed by atoms with Crippen molar-refractivity contribution in [1.29, 1.82) is 0 Å². The van der Waals surface area contributed by atoms with Crippen LogP contribution in [0.2, 0.25) is 10.0 Å². The summed E-state index contributed by atoms with van der Waals surface area (Å²) in [4.78, 5) is 0. The van der Waals surface area contributed by atoms with Crippen molar-refractivity contribution in [3.8, 4) is 0 Å². The number of hydrogen-bond acceptors (Lipinski definition) is 3. The van der Waals surface area contributed by atoms with Crippen LogP contribution in [-0.4, -0.2) is 21.3 Å². The quantitative estimate of drug-likeness (QED) is 0.731. The average Bonchev–Trinajstić information content (AvgIpc) is 2.14. The van der Waals surface area contributed by atoms with Crippen molar-refractivity contribution in [2.45, 2.75) is 25.7 Å².